The van der Waals surface area contributed by atoms with Crippen LogP contribution in [0.4, 0.5) is 16.2 Å². The van der Waals surface area contributed by atoms with E-state index in [1.807, 2.05) is 44.2 Å². The van der Waals surface area contributed by atoms with Gasteiger partial charge in [-0.3, -0.25) is 9.59 Å². The second-order valence-corrected chi connectivity index (χ2v) is 13.1. The van der Waals surface area contributed by atoms with E-state index in [9.17, 15) is 19.5 Å². The number of hydrogen-bond acceptors (Lipinski definition) is 8. The van der Waals surface area contributed by atoms with Gasteiger partial charge in [0.15, 0.2) is 11.5 Å². The van der Waals surface area contributed by atoms with Crippen LogP contribution in [0.3, 0.4) is 0 Å². The van der Waals surface area contributed by atoms with Crippen molar-refractivity contribution < 1.29 is 38.4 Å². The van der Waals surface area contributed by atoms with E-state index in [1.165, 1.54) is 0 Å². The number of nitrogens with zero attached hydrogens (tertiary/aromatic N) is 2. The van der Waals surface area contributed by atoms with E-state index in [4.69, 9.17) is 18.9 Å². The first-order chi connectivity index (χ1) is 24.1. The average molecular weight is 689 g/mol. The summed E-state index contributed by atoms with van der Waals surface area (Å²) in [4.78, 5) is 43.7. The molecule has 0 bridgehead atoms. The summed E-state index contributed by atoms with van der Waals surface area (Å²) >= 11 is 0. The predicted molar refractivity (Wildman–Crippen MR) is 190 cm³/mol. The van der Waals surface area contributed by atoms with Gasteiger partial charge in [-0.05, 0) is 69.0 Å². The molecular formula is C38H48N4O8. The maximum Gasteiger partial charge on any atom is 0.321 e. The number of carbonyl (C=O) groups excluding carboxylic acids is 3. The predicted octanol–water partition coefficient (Wildman–Crippen LogP) is 5.56. The van der Waals surface area contributed by atoms with Gasteiger partial charge in [-0.2, -0.15) is 0 Å². The van der Waals surface area contributed by atoms with Gasteiger partial charge in [0.05, 0.1) is 36.8 Å². The van der Waals surface area contributed by atoms with Crippen molar-refractivity contribution in [3.05, 3.63) is 77.9 Å². The lowest BCUT2D eigenvalue weighted by atomic mass is 10.0. The number of nitrogens with one attached hydrogen (secondary N) is 2. The minimum atomic E-state index is -0.535. The van der Waals surface area contributed by atoms with E-state index in [0.717, 1.165) is 24.8 Å². The summed E-state index contributed by atoms with van der Waals surface area (Å²) in [6, 6.07) is 18.9. The average Bonchev–Trinajstić information content (AvgIpc) is 3.58. The Morgan fingerprint density at radius 3 is 2.44 bits per heavy atom. The molecule has 2 heterocycles. The second kappa shape index (κ2) is 17.2. The highest BCUT2D eigenvalue weighted by molar-refractivity contribution is 6.00. The summed E-state index contributed by atoms with van der Waals surface area (Å²) in [6.07, 6.45) is 1.96. The van der Waals surface area contributed by atoms with E-state index in [2.05, 4.69) is 10.6 Å². The molecule has 3 aromatic carbocycles. The third-order valence-electron chi connectivity index (χ3n) is 8.97. The van der Waals surface area contributed by atoms with Crippen LogP contribution < -0.4 is 24.8 Å². The Hall–Kier alpha value is -4.81. The van der Waals surface area contributed by atoms with Gasteiger partial charge in [-0.25, -0.2) is 4.79 Å². The standard InChI is InChI=1S/C38H48N4O8/c1-25-21-42(26(2)23-43)37(45)31-19-29(39-36(44)18-28-11-6-5-7-12-28)13-15-32(31)50-27(3)10-8-9-17-47-35(25)22-41(4)38(46)40-30-14-16-33-34(20-30)49-24-48-33/h5-7,11-16,19-20,25-27,35,43H,8-10,17-18,21-24H2,1-4H3,(H,39,44)(H,40,46)/t25-,26-,27-,35+/m1/s1. The fraction of sp³-hybridized carbons (Fsp3) is 0.447. The van der Waals surface area contributed by atoms with Gasteiger partial charge in [-0.1, -0.05) is 37.3 Å². The zero-order valence-electron chi connectivity index (χ0n) is 29.2. The summed E-state index contributed by atoms with van der Waals surface area (Å²) in [5.74, 6) is 0.829. The topological polar surface area (TPSA) is 139 Å². The van der Waals surface area contributed by atoms with Crippen LogP contribution in [0.2, 0.25) is 0 Å². The van der Waals surface area contributed by atoms with Gasteiger partial charge in [-0.15, -0.1) is 0 Å². The lowest BCUT2D eigenvalue weighted by molar-refractivity contribution is -0.115. The smallest absolute Gasteiger partial charge is 0.321 e. The van der Waals surface area contributed by atoms with E-state index in [-0.39, 0.29) is 68.3 Å². The highest BCUT2D eigenvalue weighted by Crippen LogP contribution is 2.34. The molecule has 50 heavy (non-hydrogen) atoms. The number of likely N-dealkylation sites (N-methyl/N-ethyl adjacent to an activating group) is 1. The zero-order chi connectivity index (χ0) is 35.6. The third-order valence-corrected chi connectivity index (χ3v) is 8.97. The monoisotopic (exact) mass is 688 g/mol. The molecule has 0 radical (unpaired) electrons. The summed E-state index contributed by atoms with van der Waals surface area (Å²) < 4.78 is 23.5. The number of anilines is 2. The van der Waals surface area contributed by atoms with Crippen molar-refractivity contribution in [3.63, 3.8) is 0 Å². The highest BCUT2D eigenvalue weighted by Gasteiger charge is 2.31. The number of amides is 4. The highest BCUT2D eigenvalue weighted by atomic mass is 16.7. The van der Waals surface area contributed by atoms with Gasteiger partial charge in [0.25, 0.3) is 5.91 Å². The van der Waals surface area contributed by atoms with Crippen molar-refractivity contribution in [2.45, 2.75) is 64.7 Å². The van der Waals surface area contributed by atoms with E-state index in [0.29, 0.717) is 35.2 Å². The number of urea groups is 1. The molecule has 0 unspecified atom stereocenters. The van der Waals surface area contributed by atoms with Crippen LogP contribution in [0, 0.1) is 5.92 Å². The summed E-state index contributed by atoms with van der Waals surface area (Å²) in [7, 11) is 1.70. The van der Waals surface area contributed by atoms with E-state index < -0.39 is 12.1 Å². The number of carbonyl (C=O) groups is 3. The molecule has 2 aliphatic rings. The molecule has 4 atom stereocenters. The Bertz CT molecular complexity index is 1620. The Balaban J connectivity index is 1.35. The molecule has 0 fully saturated rings. The van der Waals surface area contributed by atoms with Crippen molar-refractivity contribution >= 4 is 29.2 Å². The van der Waals surface area contributed by atoms with Gasteiger partial charge < -0.3 is 44.5 Å². The first-order valence-corrected chi connectivity index (χ1v) is 17.2. The van der Waals surface area contributed by atoms with Crippen molar-refractivity contribution in [2.24, 2.45) is 5.92 Å². The fourth-order valence-electron chi connectivity index (χ4n) is 6.00. The molecule has 12 nitrogen and oxygen atoms in total. The summed E-state index contributed by atoms with van der Waals surface area (Å²) in [5.41, 5.74) is 2.21. The Labute approximate surface area is 293 Å². The van der Waals surface area contributed by atoms with Crippen LogP contribution in [-0.2, 0) is 16.0 Å². The molecule has 0 saturated heterocycles. The molecule has 0 aromatic heterocycles. The van der Waals surface area contributed by atoms with Crippen molar-refractivity contribution in [1.29, 1.82) is 0 Å². The Kier molecular flexibility index (Phi) is 12.6. The van der Waals surface area contributed by atoms with Gasteiger partial charge in [0, 0.05) is 50.1 Å². The SMILES string of the molecule is C[C@@H]1CCCCO[C@@H](CN(C)C(=O)Nc2ccc3c(c2)OCO3)[C@H](C)CN([C@H](C)CO)C(=O)c2cc(NC(=O)Cc3ccccc3)ccc2O1. The van der Waals surface area contributed by atoms with Crippen LogP contribution >= 0.6 is 0 Å². The molecule has 0 aliphatic carbocycles. The quantitative estimate of drug-likeness (QED) is 0.280. The summed E-state index contributed by atoms with van der Waals surface area (Å²) in [6.45, 7) is 6.58. The molecular weight excluding hydrogens is 640 g/mol. The molecule has 5 rings (SSSR count). The fourth-order valence-corrected chi connectivity index (χ4v) is 6.00. The van der Waals surface area contributed by atoms with Gasteiger partial charge >= 0.3 is 6.03 Å². The van der Waals surface area contributed by atoms with Crippen LogP contribution in [0.15, 0.2) is 66.7 Å². The third kappa shape index (κ3) is 9.66. The first-order valence-electron chi connectivity index (χ1n) is 17.2. The minimum Gasteiger partial charge on any atom is -0.490 e. The largest absolute Gasteiger partial charge is 0.490 e. The maximum absolute atomic E-state index is 14.4. The van der Waals surface area contributed by atoms with E-state index >= 15 is 0 Å². The van der Waals surface area contributed by atoms with Crippen molar-refractivity contribution in [3.8, 4) is 17.2 Å². The van der Waals surface area contributed by atoms with Crippen LogP contribution in [0.25, 0.3) is 0 Å². The number of fused-ring (bicyclic) bond motifs is 2. The lowest BCUT2D eigenvalue weighted by Crippen LogP contribution is -2.48. The number of benzene rings is 3. The normalized spacial score (nSPS) is 20.1. The molecule has 4 amide bonds. The van der Waals surface area contributed by atoms with Crippen LogP contribution in [-0.4, -0.2) is 91.1 Å². The molecule has 268 valence electrons. The number of hydrogen-bond donors (Lipinski definition) is 3. The Morgan fingerprint density at radius 2 is 1.68 bits per heavy atom. The minimum absolute atomic E-state index is 0.141. The number of aliphatic hydroxyl groups excluding tert-OH is 1. The maximum atomic E-state index is 14.4. The van der Waals surface area contributed by atoms with Crippen LogP contribution in [0.1, 0.15) is 56.0 Å². The van der Waals surface area contributed by atoms with E-state index in [1.54, 1.807) is 60.2 Å². The first kappa shape index (κ1) is 36.5. The number of aliphatic hydroxyl groups is 1. The molecule has 2 aliphatic heterocycles. The lowest BCUT2D eigenvalue weighted by Gasteiger charge is -2.35. The second-order valence-electron chi connectivity index (χ2n) is 13.1. The van der Waals surface area contributed by atoms with Gasteiger partial charge in [0.1, 0.15) is 5.75 Å². The molecule has 3 aromatic rings. The molecule has 0 spiro atoms. The number of rotatable bonds is 8. The van der Waals surface area contributed by atoms with Crippen LogP contribution in [0.5, 0.6) is 17.2 Å². The molecule has 12 heteroatoms. The van der Waals surface area contributed by atoms with Gasteiger partial charge in [0.2, 0.25) is 12.7 Å². The zero-order valence-corrected chi connectivity index (χ0v) is 29.2. The number of ether oxygens (including phenoxy) is 4. The molecule has 3 N–H and O–H groups in total. The molecule has 0 saturated carbocycles. The summed E-state index contributed by atoms with van der Waals surface area (Å²) in [5, 5.41) is 16.1. The van der Waals surface area contributed by atoms with Crippen molar-refractivity contribution in [1.82, 2.24) is 9.80 Å². The Morgan fingerprint density at radius 1 is 0.960 bits per heavy atom. The van der Waals surface area contributed by atoms with Crippen molar-refractivity contribution in [2.75, 3.05) is 50.8 Å².